The number of amides is 1. The van der Waals surface area contributed by atoms with Gasteiger partial charge in [-0.25, -0.2) is 4.99 Å². The number of nitrogens with zero attached hydrogens (tertiary/aromatic N) is 4. The van der Waals surface area contributed by atoms with Gasteiger partial charge in [0, 0.05) is 49.3 Å². The molecule has 1 heterocycles. The van der Waals surface area contributed by atoms with Crippen LogP contribution in [0, 0.1) is 20.8 Å². The van der Waals surface area contributed by atoms with Crippen molar-refractivity contribution >= 4 is 23.2 Å². The molecule has 0 saturated heterocycles. The van der Waals surface area contributed by atoms with Crippen molar-refractivity contribution in [2.75, 3.05) is 24.3 Å². The molecule has 0 radical (unpaired) electrons. The molecule has 3 rings (SSSR count). The molecule has 0 saturated carbocycles. The summed E-state index contributed by atoms with van der Waals surface area (Å²) in [5.41, 5.74) is 6.55. The third-order valence-corrected chi connectivity index (χ3v) is 5.19. The molecule has 0 aliphatic rings. The fourth-order valence-corrected chi connectivity index (χ4v) is 3.28. The molecule has 0 bridgehead atoms. The molecule has 0 spiro atoms. The van der Waals surface area contributed by atoms with Gasteiger partial charge in [-0.3, -0.25) is 14.8 Å². The molecule has 1 aromatic heterocycles. The number of aromatic nitrogens is 2. The van der Waals surface area contributed by atoms with Gasteiger partial charge in [0.1, 0.15) is 0 Å². The second-order valence-electron chi connectivity index (χ2n) is 7.83. The van der Waals surface area contributed by atoms with Crippen LogP contribution in [0.15, 0.2) is 53.5 Å². The third-order valence-electron chi connectivity index (χ3n) is 5.19. The minimum Gasteiger partial charge on any atom is -0.378 e. The minimum atomic E-state index is -0.220. The summed E-state index contributed by atoms with van der Waals surface area (Å²) >= 11 is 0. The first-order chi connectivity index (χ1) is 14.7. The average molecular weight is 419 g/mol. The van der Waals surface area contributed by atoms with Crippen LogP contribution in [0.2, 0.25) is 0 Å². The maximum Gasteiger partial charge on any atom is 0.258 e. The SMILES string of the molecule is Cc1cccc(NC(=NCc2c(C)nn(C)c2C)NC(=O)c2cccc(N(C)C)c2)c1. The van der Waals surface area contributed by atoms with Crippen LogP contribution in [-0.2, 0) is 13.6 Å². The van der Waals surface area contributed by atoms with Crippen molar-refractivity contribution in [3.8, 4) is 0 Å². The Balaban J connectivity index is 1.87. The lowest BCUT2D eigenvalue weighted by Gasteiger charge is -2.15. The van der Waals surface area contributed by atoms with Crippen molar-refractivity contribution in [1.29, 1.82) is 0 Å². The maximum absolute atomic E-state index is 13.0. The lowest BCUT2D eigenvalue weighted by molar-refractivity contribution is 0.0977. The topological polar surface area (TPSA) is 74.5 Å². The van der Waals surface area contributed by atoms with Gasteiger partial charge in [0.15, 0.2) is 0 Å². The molecule has 0 aliphatic carbocycles. The Bertz CT molecular complexity index is 1110. The Morgan fingerprint density at radius 1 is 1.10 bits per heavy atom. The van der Waals surface area contributed by atoms with E-state index in [0.717, 1.165) is 33.9 Å². The van der Waals surface area contributed by atoms with Crippen LogP contribution >= 0.6 is 0 Å². The molecule has 0 unspecified atom stereocenters. The average Bonchev–Trinajstić information content (AvgIpc) is 2.97. The Labute approximate surface area is 183 Å². The van der Waals surface area contributed by atoms with Crippen LogP contribution in [0.1, 0.15) is 32.9 Å². The summed E-state index contributed by atoms with van der Waals surface area (Å²) in [5.74, 6) is 0.177. The van der Waals surface area contributed by atoms with Crippen LogP contribution < -0.4 is 15.5 Å². The number of anilines is 2. The largest absolute Gasteiger partial charge is 0.378 e. The Morgan fingerprint density at radius 3 is 2.48 bits per heavy atom. The summed E-state index contributed by atoms with van der Waals surface area (Å²) in [5, 5.41) is 10.6. The highest BCUT2D eigenvalue weighted by Crippen LogP contribution is 2.15. The zero-order chi connectivity index (χ0) is 22.5. The van der Waals surface area contributed by atoms with E-state index in [0.29, 0.717) is 18.1 Å². The normalized spacial score (nSPS) is 11.4. The smallest absolute Gasteiger partial charge is 0.258 e. The lowest BCUT2D eigenvalue weighted by Crippen LogP contribution is -2.36. The number of carbonyl (C=O) groups excluding carboxylic acids is 1. The van der Waals surface area contributed by atoms with E-state index < -0.39 is 0 Å². The first kappa shape index (κ1) is 22.1. The first-order valence-corrected chi connectivity index (χ1v) is 10.2. The number of rotatable bonds is 5. The van der Waals surface area contributed by atoms with E-state index in [2.05, 4.69) is 20.7 Å². The molecule has 1 amide bonds. The number of carbonyl (C=O) groups is 1. The predicted molar refractivity (Wildman–Crippen MR) is 127 cm³/mol. The van der Waals surface area contributed by atoms with E-state index in [1.807, 2.05) is 94.0 Å². The summed E-state index contributed by atoms with van der Waals surface area (Å²) < 4.78 is 1.85. The number of aryl methyl sites for hydroxylation is 3. The minimum absolute atomic E-state index is 0.220. The molecular formula is C24H30N6O. The van der Waals surface area contributed by atoms with Gasteiger partial charge in [0.2, 0.25) is 5.96 Å². The number of nitrogens with one attached hydrogen (secondary N) is 2. The van der Waals surface area contributed by atoms with Crippen LogP contribution in [0.25, 0.3) is 0 Å². The Hall–Kier alpha value is -3.61. The summed E-state index contributed by atoms with van der Waals surface area (Å²) in [6.45, 7) is 6.42. The van der Waals surface area contributed by atoms with E-state index in [4.69, 9.17) is 0 Å². The summed E-state index contributed by atoms with van der Waals surface area (Å²) in [7, 11) is 5.81. The van der Waals surface area contributed by atoms with Gasteiger partial charge in [0.25, 0.3) is 5.91 Å². The van der Waals surface area contributed by atoms with Crippen molar-refractivity contribution in [2.45, 2.75) is 27.3 Å². The van der Waals surface area contributed by atoms with Gasteiger partial charge in [-0.15, -0.1) is 0 Å². The molecule has 2 N–H and O–H groups in total. The third kappa shape index (κ3) is 5.51. The van der Waals surface area contributed by atoms with Gasteiger partial charge in [-0.2, -0.15) is 5.10 Å². The van der Waals surface area contributed by atoms with Crippen LogP contribution in [-0.4, -0.2) is 35.7 Å². The standard InChI is InChI=1S/C24H30N6O/c1-16-9-7-11-20(13-16)26-24(25-15-22-17(2)28-30(6)18(22)3)27-23(31)19-10-8-12-21(14-19)29(4)5/h7-14H,15H2,1-6H3,(H2,25,26,27,31). The Kier molecular flexibility index (Phi) is 6.74. The monoisotopic (exact) mass is 418 g/mol. The van der Waals surface area contributed by atoms with Crippen molar-refractivity contribution in [3.05, 3.63) is 76.6 Å². The predicted octanol–water partition coefficient (Wildman–Crippen LogP) is 3.81. The van der Waals surface area contributed by atoms with Gasteiger partial charge in [-0.05, 0) is 56.7 Å². The second kappa shape index (κ2) is 9.47. The number of hydrogen-bond acceptors (Lipinski definition) is 4. The van der Waals surface area contributed by atoms with Crippen molar-refractivity contribution in [2.24, 2.45) is 12.0 Å². The van der Waals surface area contributed by atoms with E-state index in [9.17, 15) is 4.79 Å². The van der Waals surface area contributed by atoms with Crippen molar-refractivity contribution in [1.82, 2.24) is 15.1 Å². The van der Waals surface area contributed by atoms with E-state index in [-0.39, 0.29) is 5.91 Å². The maximum atomic E-state index is 13.0. The Morgan fingerprint density at radius 2 is 1.84 bits per heavy atom. The van der Waals surface area contributed by atoms with Crippen LogP contribution in [0.3, 0.4) is 0 Å². The summed E-state index contributed by atoms with van der Waals surface area (Å²) in [4.78, 5) is 19.6. The number of benzene rings is 2. The zero-order valence-corrected chi connectivity index (χ0v) is 19.0. The molecule has 31 heavy (non-hydrogen) atoms. The van der Waals surface area contributed by atoms with E-state index in [1.54, 1.807) is 6.07 Å². The van der Waals surface area contributed by atoms with E-state index in [1.165, 1.54) is 0 Å². The lowest BCUT2D eigenvalue weighted by atomic mass is 10.2. The van der Waals surface area contributed by atoms with E-state index >= 15 is 0 Å². The molecule has 162 valence electrons. The molecule has 2 aromatic carbocycles. The number of aliphatic imine (C=N–C) groups is 1. The van der Waals surface area contributed by atoms with Crippen LogP contribution in [0.4, 0.5) is 11.4 Å². The van der Waals surface area contributed by atoms with Crippen molar-refractivity contribution in [3.63, 3.8) is 0 Å². The molecular weight excluding hydrogens is 388 g/mol. The van der Waals surface area contributed by atoms with Gasteiger partial charge >= 0.3 is 0 Å². The number of hydrogen-bond donors (Lipinski definition) is 2. The van der Waals surface area contributed by atoms with Gasteiger partial charge in [0.05, 0.1) is 12.2 Å². The fraction of sp³-hybridized carbons (Fsp3) is 0.292. The molecule has 3 aromatic rings. The first-order valence-electron chi connectivity index (χ1n) is 10.2. The zero-order valence-electron chi connectivity index (χ0n) is 19.0. The highest BCUT2D eigenvalue weighted by molar-refractivity contribution is 6.10. The highest BCUT2D eigenvalue weighted by Gasteiger charge is 2.13. The quantitative estimate of drug-likeness (QED) is 0.488. The van der Waals surface area contributed by atoms with Gasteiger partial charge in [-0.1, -0.05) is 18.2 Å². The molecule has 0 aliphatic heterocycles. The second-order valence-corrected chi connectivity index (χ2v) is 7.83. The molecule has 7 nitrogen and oxygen atoms in total. The van der Waals surface area contributed by atoms with Crippen LogP contribution in [0.5, 0.6) is 0 Å². The van der Waals surface area contributed by atoms with Gasteiger partial charge < -0.3 is 10.2 Å². The summed E-state index contributed by atoms with van der Waals surface area (Å²) in [6.07, 6.45) is 0. The van der Waals surface area contributed by atoms with Crippen molar-refractivity contribution < 1.29 is 4.79 Å². The fourth-order valence-electron chi connectivity index (χ4n) is 3.28. The number of guanidine groups is 1. The molecule has 0 fully saturated rings. The summed E-state index contributed by atoms with van der Waals surface area (Å²) in [6, 6.07) is 15.4. The molecule has 0 atom stereocenters. The highest BCUT2D eigenvalue weighted by atomic mass is 16.1. The molecule has 7 heteroatoms.